The van der Waals surface area contributed by atoms with Gasteiger partial charge in [0.15, 0.2) is 0 Å². The molecule has 3 aromatic rings. The number of aliphatic hydroxyl groups is 1. The molecule has 0 unspecified atom stereocenters. The van der Waals surface area contributed by atoms with Gasteiger partial charge in [0.1, 0.15) is 11.6 Å². The molecule has 1 aromatic carbocycles. The van der Waals surface area contributed by atoms with Crippen LogP contribution in [0.5, 0.6) is 0 Å². The van der Waals surface area contributed by atoms with E-state index in [1.165, 1.54) is 17.0 Å². The van der Waals surface area contributed by atoms with Crippen LogP contribution in [0.3, 0.4) is 0 Å². The van der Waals surface area contributed by atoms with Crippen LogP contribution in [0.25, 0.3) is 11.0 Å². The molecule has 1 aliphatic rings. The number of carbonyl (C=O) groups is 1. The number of β-amino-alcohol motifs (C(OH)–C–C–N with tert-alkyl or cyclic N) is 1. The Labute approximate surface area is 200 Å². The molecule has 3 heterocycles. The fraction of sp³-hybridized carbons (Fsp3) is 0.458. The van der Waals surface area contributed by atoms with Crippen molar-refractivity contribution >= 4 is 22.8 Å². The molecule has 1 fully saturated rings. The minimum absolute atomic E-state index is 0.0107. The number of para-hydroxylation sites is 2. The third-order valence-corrected chi connectivity index (χ3v) is 6.23. The number of aromatic nitrogens is 3. The number of likely N-dealkylation sites (N-methyl/N-ethyl adjacent to an activating group) is 1. The number of benzene rings is 1. The fourth-order valence-corrected chi connectivity index (χ4v) is 4.62. The average Bonchev–Trinajstić information content (AvgIpc) is 3.18. The summed E-state index contributed by atoms with van der Waals surface area (Å²) in [5.41, 5.74) is -0.558. The smallest absolute Gasteiger partial charge is 0.386 e. The number of imidazole rings is 1. The maximum Gasteiger partial charge on any atom is 0.449 e. The van der Waals surface area contributed by atoms with Gasteiger partial charge in [-0.25, -0.2) is 14.4 Å². The maximum atomic E-state index is 13.5. The molecule has 11 heteroatoms. The van der Waals surface area contributed by atoms with E-state index in [-0.39, 0.29) is 43.9 Å². The van der Waals surface area contributed by atoms with Crippen LogP contribution in [-0.4, -0.2) is 62.7 Å². The lowest BCUT2D eigenvalue weighted by Gasteiger charge is -2.41. The summed E-state index contributed by atoms with van der Waals surface area (Å²) in [6.07, 6.45) is -2.11. The fourth-order valence-electron chi connectivity index (χ4n) is 4.62. The lowest BCUT2D eigenvalue weighted by Crippen LogP contribution is -2.54. The molecule has 1 aliphatic heterocycles. The Morgan fingerprint density at radius 1 is 1.23 bits per heavy atom. The number of carbonyl (C=O) groups excluding carboxylic acids is 1. The van der Waals surface area contributed by atoms with Gasteiger partial charge < -0.3 is 19.5 Å². The lowest BCUT2D eigenvalue weighted by molar-refractivity contribution is -0.147. The van der Waals surface area contributed by atoms with Gasteiger partial charge in [0, 0.05) is 33.1 Å². The van der Waals surface area contributed by atoms with E-state index >= 15 is 0 Å². The molecule has 0 radical (unpaired) electrons. The van der Waals surface area contributed by atoms with Gasteiger partial charge in [-0.1, -0.05) is 12.1 Å². The third kappa shape index (κ3) is 5.72. The molecular weight excluding hydrogens is 466 g/mol. The van der Waals surface area contributed by atoms with Crippen LogP contribution in [0, 0.1) is 5.82 Å². The Kier molecular flexibility index (Phi) is 6.98. The highest BCUT2D eigenvalue weighted by atomic mass is 19.4. The summed E-state index contributed by atoms with van der Waals surface area (Å²) >= 11 is 0. The van der Waals surface area contributed by atoms with Gasteiger partial charge in [-0.15, -0.1) is 0 Å². The van der Waals surface area contributed by atoms with Crippen molar-refractivity contribution in [2.45, 2.75) is 44.0 Å². The Balaban J connectivity index is 1.36. The summed E-state index contributed by atoms with van der Waals surface area (Å²) < 4.78 is 54.7. The Hall–Kier alpha value is -3.21. The minimum Gasteiger partial charge on any atom is -0.386 e. The summed E-state index contributed by atoms with van der Waals surface area (Å²) in [6, 6.07) is 9.22. The molecule has 0 bridgehead atoms. The Morgan fingerprint density at radius 3 is 2.71 bits per heavy atom. The molecule has 0 saturated carbocycles. The topological polar surface area (TPSA) is 74.5 Å². The largest absolute Gasteiger partial charge is 0.449 e. The van der Waals surface area contributed by atoms with Gasteiger partial charge >= 0.3 is 6.18 Å². The zero-order chi connectivity index (χ0) is 25.2. The predicted octanol–water partition coefficient (Wildman–Crippen LogP) is 3.86. The molecule has 1 amide bonds. The van der Waals surface area contributed by atoms with Crippen molar-refractivity contribution in [2.75, 3.05) is 31.6 Å². The number of rotatable bonds is 7. The van der Waals surface area contributed by atoms with E-state index in [0.29, 0.717) is 30.7 Å². The lowest BCUT2D eigenvalue weighted by atomic mass is 9.92. The highest BCUT2D eigenvalue weighted by Crippen LogP contribution is 2.32. The van der Waals surface area contributed by atoms with Gasteiger partial charge in [0.05, 0.1) is 29.4 Å². The molecule has 1 atom stereocenters. The molecule has 4 rings (SSSR count). The molecule has 35 heavy (non-hydrogen) atoms. The van der Waals surface area contributed by atoms with Crippen molar-refractivity contribution in [2.24, 2.45) is 0 Å². The van der Waals surface area contributed by atoms with Crippen molar-refractivity contribution in [3.05, 3.63) is 54.2 Å². The zero-order valence-electron chi connectivity index (χ0n) is 19.3. The summed E-state index contributed by atoms with van der Waals surface area (Å²) in [6.45, 7) is 0.951. The molecule has 2 aromatic heterocycles. The number of alkyl halides is 3. The van der Waals surface area contributed by atoms with Crippen molar-refractivity contribution in [1.82, 2.24) is 19.4 Å². The second-order valence-electron chi connectivity index (χ2n) is 9.01. The first-order valence-electron chi connectivity index (χ1n) is 11.4. The molecule has 188 valence electrons. The summed E-state index contributed by atoms with van der Waals surface area (Å²) in [5.74, 6) is -1.15. The number of halogens is 4. The third-order valence-electron chi connectivity index (χ3n) is 6.23. The summed E-state index contributed by atoms with van der Waals surface area (Å²) in [7, 11) is 1.57. The standard InChI is InChI=1S/C24H27F4N5O2/c1-31(15-23(35)11-5-12-32(16-23)20-10-9-17(25)14-29-20)21(34)8-4-13-33-19-7-3-2-6-18(19)30-22(33)24(26,27)28/h2-3,6-7,9-10,14,35H,4-5,8,11-13,15-16H2,1H3/t23-/m0/s1. The highest BCUT2D eigenvalue weighted by Gasteiger charge is 2.38. The Bertz CT molecular complexity index is 1180. The van der Waals surface area contributed by atoms with Gasteiger partial charge in [-0.2, -0.15) is 13.2 Å². The normalized spacial score (nSPS) is 18.7. The molecule has 0 aliphatic carbocycles. The number of fused-ring (bicyclic) bond motifs is 1. The van der Waals surface area contributed by atoms with Gasteiger partial charge in [-0.3, -0.25) is 4.79 Å². The van der Waals surface area contributed by atoms with E-state index in [9.17, 15) is 27.5 Å². The average molecular weight is 494 g/mol. The molecule has 7 nitrogen and oxygen atoms in total. The van der Waals surface area contributed by atoms with Crippen LogP contribution < -0.4 is 4.90 Å². The van der Waals surface area contributed by atoms with Crippen LogP contribution in [0.1, 0.15) is 31.5 Å². The first kappa shape index (κ1) is 24.9. The summed E-state index contributed by atoms with van der Waals surface area (Å²) in [4.78, 5) is 23.8. The number of nitrogens with zero attached hydrogens (tertiary/aromatic N) is 5. The number of anilines is 1. The number of hydrogen-bond acceptors (Lipinski definition) is 5. The van der Waals surface area contributed by atoms with Crippen LogP contribution in [0.2, 0.25) is 0 Å². The van der Waals surface area contributed by atoms with Crippen molar-refractivity contribution in [1.29, 1.82) is 0 Å². The second-order valence-corrected chi connectivity index (χ2v) is 9.01. The van der Waals surface area contributed by atoms with Crippen LogP contribution in [0.15, 0.2) is 42.6 Å². The van der Waals surface area contributed by atoms with Crippen molar-refractivity contribution in [3.63, 3.8) is 0 Å². The van der Waals surface area contributed by atoms with Crippen LogP contribution >= 0.6 is 0 Å². The van der Waals surface area contributed by atoms with E-state index in [1.54, 1.807) is 31.3 Å². The highest BCUT2D eigenvalue weighted by molar-refractivity contribution is 5.77. The molecular formula is C24H27F4N5O2. The van der Waals surface area contributed by atoms with Crippen molar-refractivity contribution < 1.29 is 27.5 Å². The van der Waals surface area contributed by atoms with Crippen LogP contribution in [-0.2, 0) is 17.5 Å². The van der Waals surface area contributed by atoms with Crippen molar-refractivity contribution in [3.8, 4) is 0 Å². The minimum atomic E-state index is -4.60. The van der Waals surface area contributed by atoms with Gasteiger partial charge in [0.25, 0.3) is 0 Å². The SMILES string of the molecule is CN(C[C@@]1(O)CCCN(c2ccc(F)cn2)C1)C(=O)CCCn1c(C(F)(F)F)nc2ccccc21. The summed E-state index contributed by atoms with van der Waals surface area (Å²) in [5, 5.41) is 11.1. The van der Waals surface area contributed by atoms with E-state index in [2.05, 4.69) is 9.97 Å². The number of hydrogen-bond donors (Lipinski definition) is 1. The number of aryl methyl sites for hydroxylation is 1. The maximum absolute atomic E-state index is 13.5. The van der Waals surface area contributed by atoms with E-state index in [4.69, 9.17) is 0 Å². The predicted molar refractivity (Wildman–Crippen MR) is 122 cm³/mol. The van der Waals surface area contributed by atoms with E-state index in [0.717, 1.165) is 10.8 Å². The first-order valence-corrected chi connectivity index (χ1v) is 11.4. The van der Waals surface area contributed by atoms with E-state index in [1.807, 2.05) is 4.90 Å². The molecule has 1 N–H and O–H groups in total. The van der Waals surface area contributed by atoms with Gasteiger partial charge in [-0.05, 0) is 43.5 Å². The number of amides is 1. The Morgan fingerprint density at radius 2 is 2.00 bits per heavy atom. The quantitative estimate of drug-likeness (QED) is 0.506. The second kappa shape index (κ2) is 9.80. The van der Waals surface area contributed by atoms with Crippen LogP contribution in [0.4, 0.5) is 23.4 Å². The monoisotopic (exact) mass is 493 g/mol. The van der Waals surface area contributed by atoms with Gasteiger partial charge in [0.2, 0.25) is 11.7 Å². The zero-order valence-corrected chi connectivity index (χ0v) is 19.3. The number of pyridine rings is 1. The molecule has 0 spiro atoms. The number of piperidine rings is 1. The molecule has 1 saturated heterocycles. The first-order chi connectivity index (χ1) is 16.6. The van der Waals surface area contributed by atoms with E-state index < -0.39 is 23.4 Å².